The van der Waals surface area contributed by atoms with Gasteiger partial charge in [0.15, 0.2) is 5.15 Å². The molecule has 0 saturated heterocycles. The summed E-state index contributed by atoms with van der Waals surface area (Å²) in [6.45, 7) is 0. The van der Waals surface area contributed by atoms with Gasteiger partial charge in [-0.3, -0.25) is 0 Å². The summed E-state index contributed by atoms with van der Waals surface area (Å²) >= 11 is 9.13. The van der Waals surface area contributed by atoms with E-state index in [1.807, 2.05) is 0 Å². The Balaban J connectivity index is 2.81. The van der Waals surface area contributed by atoms with E-state index in [-0.39, 0.29) is 5.15 Å². The second-order valence-electron chi connectivity index (χ2n) is 2.68. The van der Waals surface area contributed by atoms with Gasteiger partial charge >= 0.3 is 5.97 Å². The number of carbonyl (C=O) groups is 1. The predicted octanol–water partition coefficient (Wildman–Crippen LogP) is 1.93. The Morgan fingerprint density at radius 1 is 1.67 bits per heavy atom. The maximum Gasteiger partial charge on any atom is 0.340 e. The maximum atomic E-state index is 11.4. The molecule has 15 heavy (non-hydrogen) atoms. The van der Waals surface area contributed by atoms with Crippen LogP contribution in [0.4, 0.5) is 0 Å². The van der Waals surface area contributed by atoms with E-state index in [4.69, 9.17) is 11.6 Å². The topological polar surface area (TPSA) is 56.5 Å². The van der Waals surface area contributed by atoms with Crippen LogP contribution in [0.15, 0.2) is 17.0 Å². The first-order chi connectivity index (χ1) is 7.15. The van der Waals surface area contributed by atoms with E-state index < -0.39 is 5.97 Å². The van der Waals surface area contributed by atoms with Gasteiger partial charge in [-0.05, 0) is 22.0 Å². The van der Waals surface area contributed by atoms with Gasteiger partial charge in [0.2, 0.25) is 0 Å². The van der Waals surface area contributed by atoms with E-state index in [1.54, 1.807) is 6.07 Å². The summed E-state index contributed by atoms with van der Waals surface area (Å²) in [6.07, 6.45) is 1.31. The van der Waals surface area contributed by atoms with Crippen LogP contribution < -0.4 is 0 Å². The third kappa shape index (κ3) is 1.59. The average molecular weight is 291 g/mol. The molecular formula is C8H5BrClN3O2. The molecule has 0 spiro atoms. The Morgan fingerprint density at radius 2 is 2.40 bits per heavy atom. The van der Waals surface area contributed by atoms with Crippen molar-refractivity contribution in [3.05, 3.63) is 27.7 Å². The number of rotatable bonds is 1. The van der Waals surface area contributed by atoms with Crippen LogP contribution in [0.1, 0.15) is 10.4 Å². The molecule has 2 rings (SSSR count). The van der Waals surface area contributed by atoms with Gasteiger partial charge in [-0.15, -0.1) is 0 Å². The monoisotopic (exact) mass is 289 g/mol. The largest absolute Gasteiger partial charge is 0.465 e. The minimum Gasteiger partial charge on any atom is -0.465 e. The normalized spacial score (nSPS) is 10.6. The number of methoxy groups -OCH3 is 1. The average Bonchev–Trinajstić information content (AvgIpc) is 2.57. The van der Waals surface area contributed by atoms with Crippen molar-refractivity contribution in [2.45, 2.75) is 0 Å². The first kappa shape index (κ1) is 10.4. The first-order valence-corrected chi connectivity index (χ1v) is 5.08. The molecule has 0 aliphatic heterocycles. The van der Waals surface area contributed by atoms with Crippen LogP contribution in [-0.4, -0.2) is 27.7 Å². The predicted molar refractivity (Wildman–Crippen MR) is 57.0 cm³/mol. The lowest BCUT2D eigenvalue weighted by Gasteiger charge is -1.98. The van der Waals surface area contributed by atoms with E-state index in [0.29, 0.717) is 15.7 Å². The third-order valence-electron chi connectivity index (χ3n) is 1.87. The number of hydrogen-bond acceptors (Lipinski definition) is 4. The van der Waals surface area contributed by atoms with Gasteiger partial charge in [0, 0.05) is 0 Å². The second-order valence-corrected chi connectivity index (χ2v) is 3.85. The van der Waals surface area contributed by atoms with E-state index in [0.717, 1.165) is 0 Å². The van der Waals surface area contributed by atoms with Crippen LogP contribution in [0.25, 0.3) is 5.52 Å². The van der Waals surface area contributed by atoms with Gasteiger partial charge in [0.25, 0.3) is 0 Å². The molecule has 0 aliphatic carbocycles. The molecule has 2 aromatic rings. The molecule has 78 valence electrons. The van der Waals surface area contributed by atoms with Crippen molar-refractivity contribution >= 4 is 39.0 Å². The van der Waals surface area contributed by atoms with Crippen molar-refractivity contribution in [3.8, 4) is 0 Å². The summed E-state index contributed by atoms with van der Waals surface area (Å²) in [6, 6.07) is 1.59. The van der Waals surface area contributed by atoms with Crippen LogP contribution in [0.5, 0.6) is 0 Å². The molecule has 2 heterocycles. The number of esters is 1. The minimum atomic E-state index is -0.477. The molecule has 0 aliphatic rings. The Kier molecular flexibility index (Phi) is 2.62. The lowest BCUT2D eigenvalue weighted by Crippen LogP contribution is -2.02. The summed E-state index contributed by atoms with van der Waals surface area (Å²) in [5, 5.41) is 4.15. The van der Waals surface area contributed by atoms with Crippen LogP contribution in [0.3, 0.4) is 0 Å². The summed E-state index contributed by atoms with van der Waals surface area (Å²) in [7, 11) is 1.30. The number of aromatic nitrogens is 3. The highest BCUT2D eigenvalue weighted by atomic mass is 79.9. The van der Waals surface area contributed by atoms with Gasteiger partial charge in [0.05, 0.1) is 12.7 Å². The summed E-state index contributed by atoms with van der Waals surface area (Å²) in [5.41, 5.74) is 0.757. The lowest BCUT2D eigenvalue weighted by atomic mass is 10.3. The minimum absolute atomic E-state index is 0.205. The zero-order valence-electron chi connectivity index (χ0n) is 7.57. The number of hydrogen-bond donors (Lipinski definition) is 0. The van der Waals surface area contributed by atoms with Crippen LogP contribution in [0, 0.1) is 0 Å². The molecule has 0 N–H and O–H groups in total. The number of nitrogens with zero attached hydrogens (tertiary/aromatic N) is 3. The number of halogens is 2. The number of carbonyl (C=O) groups excluding carboxylic acids is 1. The molecule has 0 aromatic carbocycles. The second kappa shape index (κ2) is 3.79. The lowest BCUT2D eigenvalue weighted by molar-refractivity contribution is 0.0603. The molecular weight excluding hydrogens is 285 g/mol. The standard InChI is InChI=1S/C8H5BrClN3O2/c1-15-8(14)4-2-5(9)13-6(4)7(10)11-3-12-13/h2-3H,1H3. The zero-order valence-corrected chi connectivity index (χ0v) is 9.91. The number of fused-ring (bicyclic) bond motifs is 1. The molecule has 0 unspecified atom stereocenters. The molecule has 2 aromatic heterocycles. The van der Waals surface area contributed by atoms with Crippen molar-refractivity contribution in [1.29, 1.82) is 0 Å². The fourth-order valence-electron chi connectivity index (χ4n) is 1.24. The van der Waals surface area contributed by atoms with Crippen LogP contribution in [-0.2, 0) is 4.74 Å². The van der Waals surface area contributed by atoms with Gasteiger partial charge in [-0.2, -0.15) is 5.10 Å². The fraction of sp³-hybridized carbons (Fsp3) is 0.125. The van der Waals surface area contributed by atoms with E-state index in [2.05, 4.69) is 30.7 Å². The van der Waals surface area contributed by atoms with Crippen LogP contribution in [0.2, 0.25) is 5.15 Å². The van der Waals surface area contributed by atoms with Crippen molar-refractivity contribution in [2.75, 3.05) is 7.11 Å². The molecule has 0 amide bonds. The molecule has 0 atom stereocenters. The first-order valence-electron chi connectivity index (χ1n) is 3.91. The van der Waals surface area contributed by atoms with E-state index in [9.17, 15) is 4.79 Å². The van der Waals surface area contributed by atoms with Gasteiger partial charge in [-0.25, -0.2) is 14.3 Å². The molecule has 0 saturated carbocycles. The van der Waals surface area contributed by atoms with Crippen molar-refractivity contribution in [1.82, 2.24) is 14.6 Å². The van der Waals surface area contributed by atoms with Crippen molar-refractivity contribution in [2.24, 2.45) is 0 Å². The SMILES string of the molecule is COC(=O)c1cc(Br)n2ncnc(Cl)c12. The van der Waals surface area contributed by atoms with Crippen molar-refractivity contribution in [3.63, 3.8) is 0 Å². The molecule has 0 bridgehead atoms. The summed E-state index contributed by atoms with van der Waals surface area (Å²) < 4.78 is 6.71. The van der Waals surface area contributed by atoms with E-state index >= 15 is 0 Å². The van der Waals surface area contributed by atoms with E-state index in [1.165, 1.54) is 18.0 Å². The molecule has 0 fully saturated rings. The highest BCUT2D eigenvalue weighted by Gasteiger charge is 2.18. The Bertz CT molecular complexity index is 540. The summed E-state index contributed by atoms with van der Waals surface area (Å²) in [5.74, 6) is -0.477. The Morgan fingerprint density at radius 3 is 3.07 bits per heavy atom. The fourth-order valence-corrected chi connectivity index (χ4v) is 1.96. The Labute approximate surface area is 98.1 Å². The van der Waals surface area contributed by atoms with Crippen molar-refractivity contribution < 1.29 is 9.53 Å². The van der Waals surface area contributed by atoms with Crippen LogP contribution >= 0.6 is 27.5 Å². The quantitative estimate of drug-likeness (QED) is 0.753. The highest BCUT2D eigenvalue weighted by Crippen LogP contribution is 2.25. The Hall–Kier alpha value is -1.14. The van der Waals surface area contributed by atoms with Gasteiger partial charge < -0.3 is 4.74 Å². The molecule has 7 heteroatoms. The third-order valence-corrected chi connectivity index (χ3v) is 2.71. The summed E-state index contributed by atoms with van der Waals surface area (Å²) in [4.78, 5) is 15.2. The zero-order chi connectivity index (χ0) is 11.0. The molecule has 0 radical (unpaired) electrons. The smallest absolute Gasteiger partial charge is 0.340 e. The highest BCUT2D eigenvalue weighted by molar-refractivity contribution is 9.10. The molecule has 5 nitrogen and oxygen atoms in total. The maximum absolute atomic E-state index is 11.4. The number of ether oxygens (including phenoxy) is 1. The van der Waals surface area contributed by atoms with Gasteiger partial charge in [0.1, 0.15) is 16.4 Å². The van der Waals surface area contributed by atoms with Gasteiger partial charge in [-0.1, -0.05) is 11.6 Å².